The van der Waals surface area contributed by atoms with Crippen LogP contribution in [0.25, 0.3) is 0 Å². The van der Waals surface area contributed by atoms with Crippen molar-refractivity contribution in [2.75, 3.05) is 6.61 Å². The highest BCUT2D eigenvalue weighted by Gasteiger charge is 2.35. The molecule has 0 aliphatic heterocycles. The zero-order valence-corrected chi connectivity index (χ0v) is 32.0. The number of carboxylic acids is 3. The third-order valence-electron chi connectivity index (χ3n) is 8.43. The van der Waals surface area contributed by atoms with E-state index in [-0.39, 0.29) is 17.8 Å². The molecule has 0 bridgehead atoms. The predicted molar refractivity (Wildman–Crippen MR) is 198 cm³/mol. The van der Waals surface area contributed by atoms with Gasteiger partial charge in [0.25, 0.3) is 0 Å². The molecule has 330 valence electrons. The van der Waals surface area contributed by atoms with Gasteiger partial charge in [0.15, 0.2) is 0 Å². The summed E-state index contributed by atoms with van der Waals surface area (Å²) in [5, 5.41) is 61.2. The Kier molecular flexibility index (Phi) is 19.7. The van der Waals surface area contributed by atoms with Gasteiger partial charge in [-0.25, -0.2) is 14.8 Å². The Morgan fingerprint density at radius 2 is 1.03 bits per heavy atom. The second-order valence-corrected chi connectivity index (χ2v) is 13.2. The van der Waals surface area contributed by atoms with E-state index < -0.39 is 153 Å². The van der Waals surface area contributed by atoms with E-state index in [0.717, 1.165) is 0 Å². The molecule has 0 aliphatic rings. The summed E-state index contributed by atoms with van der Waals surface area (Å²) in [6.45, 7) is 0.174. The Hall–Kier alpha value is -7.00. The van der Waals surface area contributed by atoms with E-state index in [1.54, 1.807) is 0 Å². The molecule has 7 amide bonds. The van der Waals surface area contributed by atoms with Crippen LogP contribution in [-0.2, 0) is 60.8 Å². The minimum Gasteiger partial charge on any atom is -0.481 e. The first-order valence-corrected chi connectivity index (χ1v) is 18.0. The molecule has 2 aromatic rings. The van der Waals surface area contributed by atoms with Gasteiger partial charge in [-0.3, -0.25) is 43.2 Å². The SMILES string of the molecule is C[C@@H](O)[C@H](N)C(=O)N[C@@H](Cc1c[nH]cn1)C(=O)N[C@@H](CO)C(=O)N[C@@H](Cc1c[nH]cn1)C(=O)N[C@@H](CCC(=O)O)C(=O)N[C@@H](CC(=O)O)C(=O)N[C@@H](CCC(N)=O)C(=O)O. The third kappa shape index (κ3) is 16.8. The molecule has 0 radical (unpaired) electrons. The van der Waals surface area contributed by atoms with Crippen LogP contribution in [0.5, 0.6) is 0 Å². The molecule has 0 saturated heterocycles. The molecular formula is C33H48N12O15. The van der Waals surface area contributed by atoms with Gasteiger partial charge < -0.3 is 78.9 Å². The number of aliphatic hydroxyl groups is 2. The Morgan fingerprint density at radius 1 is 0.617 bits per heavy atom. The maximum absolute atomic E-state index is 13.8. The summed E-state index contributed by atoms with van der Waals surface area (Å²) < 4.78 is 0. The molecule has 17 N–H and O–H groups in total. The summed E-state index contributed by atoms with van der Waals surface area (Å²) >= 11 is 0. The third-order valence-corrected chi connectivity index (χ3v) is 8.43. The van der Waals surface area contributed by atoms with Crippen LogP contribution in [-0.4, -0.2) is 160 Å². The number of nitrogens with one attached hydrogen (secondary N) is 8. The van der Waals surface area contributed by atoms with Crippen molar-refractivity contribution in [3.63, 3.8) is 0 Å². The number of nitrogens with zero attached hydrogens (tertiary/aromatic N) is 2. The highest BCUT2D eigenvalue weighted by molar-refractivity contribution is 5.98. The Morgan fingerprint density at radius 3 is 1.47 bits per heavy atom. The van der Waals surface area contributed by atoms with E-state index in [0.29, 0.717) is 0 Å². The fourth-order valence-electron chi connectivity index (χ4n) is 5.15. The molecule has 0 aromatic carbocycles. The first-order chi connectivity index (χ1) is 28.2. The largest absolute Gasteiger partial charge is 0.481 e. The number of carbonyl (C=O) groups excluding carboxylic acids is 7. The van der Waals surface area contributed by atoms with Crippen molar-refractivity contribution in [3.8, 4) is 0 Å². The number of H-pyrrole nitrogens is 2. The molecule has 0 spiro atoms. The predicted octanol–water partition coefficient (Wildman–Crippen LogP) is -6.78. The van der Waals surface area contributed by atoms with Crippen molar-refractivity contribution in [2.24, 2.45) is 11.5 Å². The van der Waals surface area contributed by atoms with Crippen molar-refractivity contribution in [1.29, 1.82) is 0 Å². The van der Waals surface area contributed by atoms with E-state index in [9.17, 15) is 73.5 Å². The van der Waals surface area contributed by atoms with Crippen LogP contribution in [0.4, 0.5) is 0 Å². The number of carboxylic acid groups (broad SMARTS) is 3. The standard InChI is InChI=1S/C33H48N12O15/c1-14(47)26(35)32(58)44-20(7-16-10-37-13-39-16)29(55)45-22(11-46)31(57)42-19(6-15-9-36-12-38-15)28(54)40-17(3-5-24(49)50)27(53)43-21(8-25(51)52)30(56)41-18(33(59)60)2-4-23(34)48/h9-10,12-14,17-22,26,46-47H,2-8,11,35H2,1H3,(H2,34,48)(H,36,38)(H,37,39)(H,40,54)(H,41,56)(H,42,57)(H,43,53)(H,44,58)(H,45,55)(H,49,50)(H,51,52)(H,59,60)/t14-,17+,18+,19+,20+,21+,22+,26+/m1/s1. The monoisotopic (exact) mass is 852 g/mol. The molecular weight excluding hydrogens is 804 g/mol. The smallest absolute Gasteiger partial charge is 0.326 e. The summed E-state index contributed by atoms with van der Waals surface area (Å²) in [7, 11) is 0. The highest BCUT2D eigenvalue weighted by atomic mass is 16.4. The lowest BCUT2D eigenvalue weighted by molar-refractivity contribution is -0.144. The van der Waals surface area contributed by atoms with Gasteiger partial charge in [-0.1, -0.05) is 0 Å². The van der Waals surface area contributed by atoms with Crippen LogP contribution in [0, 0.1) is 0 Å². The summed E-state index contributed by atoms with van der Waals surface area (Å²) in [4.78, 5) is 139. The molecule has 2 rings (SSSR count). The number of carbonyl (C=O) groups is 10. The lowest BCUT2D eigenvalue weighted by Crippen LogP contribution is -2.61. The number of nitrogens with two attached hydrogens (primary N) is 2. The number of aliphatic hydroxyl groups excluding tert-OH is 2. The van der Waals surface area contributed by atoms with Crippen molar-refractivity contribution < 1.29 is 73.5 Å². The van der Waals surface area contributed by atoms with Gasteiger partial charge in [0.05, 0.1) is 43.2 Å². The van der Waals surface area contributed by atoms with Crippen molar-refractivity contribution in [3.05, 3.63) is 36.4 Å². The molecule has 27 nitrogen and oxygen atoms in total. The van der Waals surface area contributed by atoms with Crippen LogP contribution >= 0.6 is 0 Å². The topological polar surface area (TPSA) is 453 Å². The number of rotatable bonds is 27. The molecule has 0 saturated carbocycles. The lowest BCUT2D eigenvalue weighted by Gasteiger charge is -2.27. The molecule has 0 fully saturated rings. The second kappa shape index (κ2) is 24.0. The quantitative estimate of drug-likeness (QED) is 0.0397. The lowest BCUT2D eigenvalue weighted by atomic mass is 10.1. The number of primary amides is 1. The van der Waals surface area contributed by atoms with Gasteiger partial charge in [0.1, 0.15) is 42.3 Å². The summed E-state index contributed by atoms with van der Waals surface area (Å²) in [5.41, 5.74) is 11.2. The number of aromatic amines is 2. The number of hydrogen-bond acceptors (Lipinski definition) is 15. The first-order valence-electron chi connectivity index (χ1n) is 18.0. The summed E-state index contributed by atoms with van der Waals surface area (Å²) in [5.74, 6) is -12.6. The normalized spacial score (nSPS) is 14.9. The molecule has 0 unspecified atom stereocenters. The average Bonchev–Trinajstić information content (AvgIpc) is 3.90. The fourth-order valence-corrected chi connectivity index (χ4v) is 5.15. The summed E-state index contributed by atoms with van der Waals surface area (Å²) in [6, 6.07) is -12.0. The number of imidazole rings is 2. The highest BCUT2D eigenvalue weighted by Crippen LogP contribution is 2.07. The number of hydrogen-bond donors (Lipinski definition) is 15. The Bertz CT molecular complexity index is 1820. The van der Waals surface area contributed by atoms with Gasteiger partial charge in [-0.05, 0) is 19.8 Å². The second-order valence-electron chi connectivity index (χ2n) is 13.2. The van der Waals surface area contributed by atoms with Crippen molar-refractivity contribution in [2.45, 2.75) is 100 Å². The van der Waals surface area contributed by atoms with Gasteiger partial charge >= 0.3 is 17.9 Å². The van der Waals surface area contributed by atoms with Gasteiger partial charge in [-0.15, -0.1) is 0 Å². The Balaban J connectivity index is 2.35. The van der Waals surface area contributed by atoms with Crippen molar-refractivity contribution in [1.82, 2.24) is 51.8 Å². The molecule has 27 heteroatoms. The summed E-state index contributed by atoms with van der Waals surface area (Å²) in [6.07, 6.45) is -0.259. The van der Waals surface area contributed by atoms with Crippen LogP contribution in [0.2, 0.25) is 0 Å². The number of aliphatic carboxylic acids is 3. The van der Waals surface area contributed by atoms with Crippen LogP contribution in [0.3, 0.4) is 0 Å². The average molecular weight is 853 g/mol. The van der Waals surface area contributed by atoms with Gasteiger partial charge in [-0.2, -0.15) is 0 Å². The maximum Gasteiger partial charge on any atom is 0.326 e. The minimum absolute atomic E-state index is 0.158. The van der Waals surface area contributed by atoms with Crippen LogP contribution in [0.15, 0.2) is 25.0 Å². The van der Waals surface area contributed by atoms with Crippen LogP contribution in [0.1, 0.15) is 50.4 Å². The molecule has 0 aliphatic carbocycles. The Labute approximate surface area is 339 Å². The van der Waals surface area contributed by atoms with E-state index in [1.807, 2.05) is 10.6 Å². The minimum atomic E-state index is -1.99. The van der Waals surface area contributed by atoms with E-state index >= 15 is 0 Å². The van der Waals surface area contributed by atoms with Crippen LogP contribution < -0.4 is 43.4 Å². The van der Waals surface area contributed by atoms with E-state index in [4.69, 9.17) is 11.5 Å². The van der Waals surface area contributed by atoms with E-state index in [1.165, 1.54) is 32.0 Å². The maximum atomic E-state index is 13.8. The fraction of sp³-hybridized carbons (Fsp3) is 0.515. The number of aromatic nitrogens is 4. The molecule has 60 heavy (non-hydrogen) atoms. The van der Waals surface area contributed by atoms with Gasteiger partial charge in [0, 0.05) is 38.1 Å². The zero-order valence-electron chi connectivity index (χ0n) is 32.0. The number of amides is 7. The van der Waals surface area contributed by atoms with Gasteiger partial charge in [0.2, 0.25) is 41.4 Å². The molecule has 8 atom stereocenters. The van der Waals surface area contributed by atoms with Crippen molar-refractivity contribution >= 4 is 59.3 Å². The van der Waals surface area contributed by atoms with E-state index in [2.05, 4.69) is 41.2 Å². The first kappa shape index (κ1) is 49.1. The molecule has 2 heterocycles. The zero-order chi connectivity index (χ0) is 45.1. The molecule has 2 aromatic heterocycles.